The monoisotopic (exact) mass is 301 g/mol. The Balaban J connectivity index is 2.03. The van der Waals surface area contributed by atoms with E-state index in [1.54, 1.807) is 0 Å². The van der Waals surface area contributed by atoms with Gasteiger partial charge in [0.2, 0.25) is 0 Å². The maximum atomic E-state index is 6.15. The van der Waals surface area contributed by atoms with Gasteiger partial charge < -0.3 is 15.5 Å². The highest BCUT2D eigenvalue weighted by atomic mass is 32.1. The number of hydrogen-bond acceptors (Lipinski definition) is 4. The minimum Gasteiger partial charge on any atom is -0.371 e. The minimum atomic E-state index is 0.268. The number of nitrogens with zero attached hydrogens (tertiary/aromatic N) is 2. The Morgan fingerprint density at radius 3 is 2.52 bits per heavy atom. The molecule has 2 N–H and O–H groups in total. The van der Waals surface area contributed by atoms with Gasteiger partial charge in [-0.3, -0.25) is 0 Å². The van der Waals surface area contributed by atoms with Gasteiger partial charge in [-0.25, -0.2) is 0 Å². The zero-order valence-electron chi connectivity index (χ0n) is 13.0. The number of benzene rings is 1. The predicted molar refractivity (Wildman–Crippen MR) is 92.6 cm³/mol. The van der Waals surface area contributed by atoms with Crippen molar-refractivity contribution < 1.29 is 0 Å². The topological polar surface area (TPSA) is 32.5 Å². The molecule has 0 amide bonds. The molecular weight excluding hydrogens is 278 g/mol. The van der Waals surface area contributed by atoms with Gasteiger partial charge in [0.25, 0.3) is 0 Å². The number of thiophene rings is 1. The minimum absolute atomic E-state index is 0.268. The number of nitrogens with two attached hydrogens (primary N) is 1. The summed E-state index contributed by atoms with van der Waals surface area (Å²) < 4.78 is 0. The molecule has 1 aliphatic heterocycles. The number of fused-ring (bicyclic) bond motifs is 1. The van der Waals surface area contributed by atoms with Crippen LogP contribution in [0.25, 0.3) is 0 Å². The van der Waals surface area contributed by atoms with E-state index in [1.807, 2.05) is 11.3 Å². The average molecular weight is 301 g/mol. The van der Waals surface area contributed by atoms with Crippen LogP contribution in [0.5, 0.6) is 0 Å². The number of aryl methyl sites for hydroxylation is 2. The van der Waals surface area contributed by atoms with E-state index in [9.17, 15) is 0 Å². The molecule has 1 aliphatic rings. The Morgan fingerprint density at radius 1 is 1.19 bits per heavy atom. The molecule has 0 spiro atoms. The first-order valence-electron chi connectivity index (χ1n) is 7.45. The van der Waals surface area contributed by atoms with Crippen LogP contribution in [0.15, 0.2) is 30.3 Å². The van der Waals surface area contributed by atoms with Gasteiger partial charge in [-0.1, -0.05) is 12.1 Å². The lowest BCUT2D eigenvalue weighted by molar-refractivity contribution is 0.610. The van der Waals surface area contributed by atoms with Gasteiger partial charge >= 0.3 is 0 Å². The molecule has 3 rings (SSSR count). The second-order valence-electron chi connectivity index (χ2n) is 5.72. The van der Waals surface area contributed by atoms with Crippen LogP contribution in [0.1, 0.15) is 21.4 Å². The molecule has 3 nitrogen and oxygen atoms in total. The van der Waals surface area contributed by atoms with Crippen LogP contribution < -0.4 is 15.5 Å². The smallest absolute Gasteiger partial charge is 0.0677 e. The Hall–Kier alpha value is -1.52. The van der Waals surface area contributed by atoms with Gasteiger partial charge in [0, 0.05) is 36.4 Å². The van der Waals surface area contributed by atoms with E-state index < -0.39 is 0 Å². The van der Waals surface area contributed by atoms with Crippen molar-refractivity contribution in [2.24, 2.45) is 5.73 Å². The van der Waals surface area contributed by atoms with Crippen LogP contribution in [-0.2, 0) is 0 Å². The summed E-state index contributed by atoms with van der Waals surface area (Å²) in [6.07, 6.45) is 0. The quantitative estimate of drug-likeness (QED) is 0.944. The van der Waals surface area contributed by atoms with E-state index in [0.717, 1.165) is 13.1 Å². The van der Waals surface area contributed by atoms with Crippen molar-refractivity contribution in [3.63, 3.8) is 0 Å². The molecule has 1 aromatic carbocycles. The first kappa shape index (κ1) is 14.4. The lowest BCUT2D eigenvalue weighted by Crippen LogP contribution is -2.43. The summed E-state index contributed by atoms with van der Waals surface area (Å²) in [7, 11) is 2.16. The summed E-state index contributed by atoms with van der Waals surface area (Å²) in [5.74, 6) is 0. The van der Waals surface area contributed by atoms with Crippen molar-refractivity contribution in [2.45, 2.75) is 19.9 Å². The fourth-order valence-electron chi connectivity index (χ4n) is 3.26. The average Bonchev–Trinajstić information content (AvgIpc) is 2.81. The summed E-state index contributed by atoms with van der Waals surface area (Å²) in [4.78, 5) is 7.55. The normalized spacial score (nSPS) is 16.0. The number of hydrogen-bond donors (Lipinski definition) is 1. The third-order valence-electron chi connectivity index (χ3n) is 4.32. The maximum Gasteiger partial charge on any atom is 0.0677 e. The van der Waals surface area contributed by atoms with Crippen LogP contribution in [-0.4, -0.2) is 26.7 Å². The van der Waals surface area contributed by atoms with E-state index in [2.05, 4.69) is 61.0 Å². The molecule has 1 atom stereocenters. The van der Waals surface area contributed by atoms with Crippen molar-refractivity contribution in [2.75, 3.05) is 36.5 Å². The van der Waals surface area contributed by atoms with Gasteiger partial charge in [-0.2, -0.15) is 0 Å². The highest BCUT2D eigenvalue weighted by Gasteiger charge is 2.27. The molecule has 1 aromatic heterocycles. The molecule has 21 heavy (non-hydrogen) atoms. The van der Waals surface area contributed by atoms with E-state index in [4.69, 9.17) is 5.73 Å². The fraction of sp³-hybridized carbons (Fsp3) is 0.412. The standard InChI is InChI=1S/C17H23N3S/c1-12-10-14(13(2)21-12)17(11-18)20-9-8-19(3)15-6-4-5-7-16(15)20/h4-7,10,17H,8-9,11,18H2,1-3H3. The van der Waals surface area contributed by atoms with Crippen LogP contribution in [0.2, 0.25) is 0 Å². The highest BCUT2D eigenvalue weighted by Crippen LogP contribution is 2.39. The van der Waals surface area contributed by atoms with Gasteiger partial charge in [0.15, 0.2) is 0 Å². The second kappa shape index (κ2) is 5.70. The third-order valence-corrected chi connectivity index (χ3v) is 5.30. The van der Waals surface area contributed by atoms with Crippen molar-refractivity contribution in [3.05, 3.63) is 45.6 Å². The lowest BCUT2D eigenvalue weighted by Gasteiger charge is -2.41. The molecule has 2 heterocycles. The fourth-order valence-corrected chi connectivity index (χ4v) is 4.24. The molecular formula is C17H23N3S. The molecule has 4 heteroatoms. The molecule has 0 aliphatic carbocycles. The number of likely N-dealkylation sites (N-methyl/N-ethyl adjacent to an activating group) is 1. The summed E-state index contributed by atoms with van der Waals surface area (Å²) in [6, 6.07) is 11.2. The molecule has 112 valence electrons. The first-order valence-corrected chi connectivity index (χ1v) is 8.27. The zero-order valence-corrected chi connectivity index (χ0v) is 13.8. The third kappa shape index (κ3) is 2.54. The molecule has 0 saturated heterocycles. The lowest BCUT2D eigenvalue weighted by atomic mass is 10.0. The number of anilines is 2. The summed E-state index contributed by atoms with van der Waals surface area (Å²) >= 11 is 1.87. The Bertz CT molecular complexity index is 635. The molecule has 0 radical (unpaired) electrons. The van der Waals surface area contributed by atoms with Crippen LogP contribution in [0.3, 0.4) is 0 Å². The van der Waals surface area contributed by atoms with E-state index in [1.165, 1.54) is 26.7 Å². The Morgan fingerprint density at radius 2 is 1.90 bits per heavy atom. The van der Waals surface area contributed by atoms with Gasteiger partial charge in [0.1, 0.15) is 0 Å². The van der Waals surface area contributed by atoms with Crippen molar-refractivity contribution in [3.8, 4) is 0 Å². The van der Waals surface area contributed by atoms with Crippen LogP contribution >= 0.6 is 11.3 Å². The second-order valence-corrected chi connectivity index (χ2v) is 7.18. The number of para-hydroxylation sites is 2. The van der Waals surface area contributed by atoms with Crippen LogP contribution in [0.4, 0.5) is 11.4 Å². The SMILES string of the molecule is Cc1cc(C(CN)N2CCN(C)c3ccccc32)c(C)s1. The predicted octanol–water partition coefficient (Wildman–Crippen LogP) is 3.32. The molecule has 2 aromatic rings. The van der Waals surface area contributed by atoms with Crippen molar-refractivity contribution in [1.29, 1.82) is 0 Å². The molecule has 0 fully saturated rings. The zero-order chi connectivity index (χ0) is 15.0. The first-order chi connectivity index (χ1) is 10.1. The van der Waals surface area contributed by atoms with E-state index in [-0.39, 0.29) is 6.04 Å². The van der Waals surface area contributed by atoms with Crippen molar-refractivity contribution >= 4 is 22.7 Å². The summed E-state index contributed by atoms with van der Waals surface area (Å²) in [5.41, 5.74) is 10.1. The van der Waals surface area contributed by atoms with Gasteiger partial charge in [-0.15, -0.1) is 11.3 Å². The van der Waals surface area contributed by atoms with Crippen molar-refractivity contribution in [1.82, 2.24) is 0 Å². The van der Waals surface area contributed by atoms with Gasteiger partial charge in [-0.05, 0) is 37.6 Å². The Labute approximate surface area is 131 Å². The maximum absolute atomic E-state index is 6.15. The van der Waals surface area contributed by atoms with Crippen LogP contribution in [0, 0.1) is 13.8 Å². The number of rotatable bonds is 3. The summed E-state index contributed by atoms with van der Waals surface area (Å²) in [6.45, 7) is 7.08. The van der Waals surface area contributed by atoms with E-state index in [0.29, 0.717) is 6.54 Å². The van der Waals surface area contributed by atoms with Gasteiger partial charge in [0.05, 0.1) is 17.4 Å². The largest absolute Gasteiger partial charge is 0.371 e. The molecule has 0 bridgehead atoms. The summed E-state index contributed by atoms with van der Waals surface area (Å²) in [5, 5.41) is 0. The molecule has 0 saturated carbocycles. The Kier molecular flexibility index (Phi) is 3.91. The highest BCUT2D eigenvalue weighted by molar-refractivity contribution is 7.12. The molecule has 1 unspecified atom stereocenters. The van der Waals surface area contributed by atoms with E-state index >= 15 is 0 Å².